The summed E-state index contributed by atoms with van der Waals surface area (Å²) < 4.78 is 0. The third-order valence-electron chi connectivity index (χ3n) is 5.10. The Kier molecular flexibility index (Phi) is 19.1. The first kappa shape index (κ1) is 26.8. The van der Waals surface area contributed by atoms with Crippen LogP contribution in [0.5, 0.6) is 0 Å². The second-order valence-corrected chi connectivity index (χ2v) is 8.31. The van der Waals surface area contributed by atoms with Gasteiger partial charge in [0.2, 0.25) is 0 Å². The highest BCUT2D eigenvalue weighted by Gasteiger charge is 2.19. The first-order chi connectivity index (χ1) is 13.0. The Morgan fingerprint density at radius 1 is 0.630 bits per heavy atom. The first-order valence-corrected chi connectivity index (χ1v) is 11.8. The summed E-state index contributed by atoms with van der Waals surface area (Å²) in [5.41, 5.74) is 0. The van der Waals surface area contributed by atoms with Gasteiger partial charge in [0.25, 0.3) is 0 Å². The van der Waals surface area contributed by atoms with Gasteiger partial charge in [-0.2, -0.15) is 5.06 Å². The molecule has 27 heavy (non-hydrogen) atoms. The van der Waals surface area contributed by atoms with Gasteiger partial charge in [0.1, 0.15) is 0 Å². The zero-order valence-electron chi connectivity index (χ0n) is 18.7. The summed E-state index contributed by atoms with van der Waals surface area (Å²) in [6.07, 6.45) is 21.8. The van der Waals surface area contributed by atoms with Gasteiger partial charge in [0.05, 0.1) is 13.2 Å². The zero-order valence-corrected chi connectivity index (χ0v) is 18.7. The lowest BCUT2D eigenvalue weighted by molar-refractivity contribution is -0.237. The Morgan fingerprint density at radius 2 is 1.00 bits per heavy atom. The van der Waals surface area contributed by atoms with Gasteiger partial charge in [-0.05, 0) is 13.3 Å². The maximum absolute atomic E-state index is 9.40. The molecule has 0 aliphatic rings. The van der Waals surface area contributed by atoms with E-state index in [1.165, 1.54) is 103 Å². The van der Waals surface area contributed by atoms with E-state index in [2.05, 4.69) is 6.92 Å². The van der Waals surface area contributed by atoms with Crippen molar-refractivity contribution in [3.05, 3.63) is 0 Å². The predicted octanol–water partition coefficient (Wildman–Crippen LogP) is 6.20. The molecule has 0 aromatic carbocycles. The highest BCUT2D eigenvalue weighted by Crippen LogP contribution is 2.14. The summed E-state index contributed by atoms with van der Waals surface area (Å²) in [7, 11) is 0. The van der Waals surface area contributed by atoms with E-state index in [1.54, 1.807) is 5.06 Å². The van der Waals surface area contributed by atoms with E-state index in [0.29, 0.717) is 13.2 Å². The van der Waals surface area contributed by atoms with Crippen molar-refractivity contribution in [3.63, 3.8) is 0 Å². The van der Waals surface area contributed by atoms with Crippen LogP contribution in [0.3, 0.4) is 0 Å². The quantitative estimate of drug-likeness (QED) is 0.140. The number of hydrogen-bond donors (Lipinski definition) is 2. The van der Waals surface area contributed by atoms with Gasteiger partial charge in [-0.3, -0.25) is 4.84 Å². The fourth-order valence-electron chi connectivity index (χ4n) is 3.43. The van der Waals surface area contributed by atoms with Crippen LogP contribution in [0.2, 0.25) is 0 Å². The lowest BCUT2D eigenvalue weighted by Gasteiger charge is -2.26. The minimum Gasteiger partial charge on any atom is -0.365 e. The van der Waals surface area contributed by atoms with Crippen molar-refractivity contribution in [1.82, 2.24) is 5.06 Å². The molecule has 2 N–H and O–H groups in total. The van der Waals surface area contributed by atoms with Crippen molar-refractivity contribution in [2.75, 3.05) is 19.7 Å². The van der Waals surface area contributed by atoms with Crippen LogP contribution in [0.15, 0.2) is 0 Å². The maximum Gasteiger partial charge on any atom is 0.175 e. The first-order valence-electron chi connectivity index (χ1n) is 11.8. The number of hydrogen-bond acceptors (Lipinski definition) is 4. The van der Waals surface area contributed by atoms with Crippen LogP contribution < -0.4 is 0 Å². The van der Waals surface area contributed by atoms with Crippen molar-refractivity contribution in [3.8, 4) is 0 Å². The van der Waals surface area contributed by atoms with Crippen molar-refractivity contribution < 1.29 is 15.1 Å². The Morgan fingerprint density at radius 3 is 1.33 bits per heavy atom. The van der Waals surface area contributed by atoms with E-state index in [-0.39, 0.29) is 6.54 Å². The third-order valence-corrected chi connectivity index (χ3v) is 5.10. The van der Waals surface area contributed by atoms with Gasteiger partial charge in [-0.25, -0.2) is 0 Å². The lowest BCUT2D eigenvalue weighted by atomic mass is 10.0. The zero-order chi connectivity index (χ0) is 20.2. The van der Waals surface area contributed by atoms with Gasteiger partial charge in [-0.15, -0.1) is 0 Å². The molecule has 0 unspecified atom stereocenters. The average Bonchev–Trinajstić information content (AvgIpc) is 2.62. The summed E-state index contributed by atoms with van der Waals surface area (Å²) in [4.78, 5) is 5.60. The number of likely N-dealkylation sites (N-methyl/N-ethyl adjacent to an activating group) is 1. The van der Waals surface area contributed by atoms with Crippen LogP contribution >= 0.6 is 0 Å². The Labute approximate surface area is 169 Å². The topological polar surface area (TPSA) is 52.9 Å². The van der Waals surface area contributed by atoms with Crippen LogP contribution in [0, 0.1) is 0 Å². The summed E-state index contributed by atoms with van der Waals surface area (Å²) in [5, 5.41) is 20.4. The number of hydroxylamine groups is 2. The van der Waals surface area contributed by atoms with Crippen molar-refractivity contribution in [1.29, 1.82) is 0 Å². The molecule has 0 saturated carbocycles. The van der Waals surface area contributed by atoms with Gasteiger partial charge in [-0.1, -0.05) is 110 Å². The van der Waals surface area contributed by atoms with Gasteiger partial charge in [0.15, 0.2) is 5.79 Å². The molecule has 0 aliphatic heterocycles. The molecule has 0 atom stereocenters. The fourth-order valence-corrected chi connectivity index (χ4v) is 3.43. The Hall–Kier alpha value is -0.160. The molecule has 0 aromatic rings. The summed E-state index contributed by atoms with van der Waals surface area (Å²) in [6.45, 7) is 7.08. The van der Waals surface area contributed by atoms with Gasteiger partial charge < -0.3 is 10.2 Å². The number of unbranched alkanes of at least 4 members (excludes halogenated alkanes) is 15. The lowest BCUT2D eigenvalue weighted by Crippen LogP contribution is -2.40. The highest BCUT2D eigenvalue weighted by atomic mass is 16.7. The third kappa shape index (κ3) is 22.0. The van der Waals surface area contributed by atoms with Crippen molar-refractivity contribution in [2.24, 2.45) is 0 Å². The molecule has 0 rings (SSSR count). The van der Waals surface area contributed by atoms with E-state index in [0.717, 1.165) is 6.42 Å². The molecular weight excluding hydrogens is 338 g/mol. The van der Waals surface area contributed by atoms with E-state index in [9.17, 15) is 10.2 Å². The number of nitrogens with zero attached hydrogens (tertiary/aromatic N) is 1. The van der Waals surface area contributed by atoms with Crippen LogP contribution in [-0.4, -0.2) is 40.8 Å². The maximum atomic E-state index is 9.40. The van der Waals surface area contributed by atoms with Crippen molar-refractivity contribution in [2.45, 2.75) is 129 Å². The second kappa shape index (κ2) is 19.2. The Balaban J connectivity index is 3.20. The van der Waals surface area contributed by atoms with Crippen LogP contribution in [0.25, 0.3) is 0 Å². The molecule has 0 aromatic heterocycles. The molecule has 0 spiro atoms. The predicted molar refractivity (Wildman–Crippen MR) is 116 cm³/mol. The molecule has 164 valence electrons. The normalized spacial score (nSPS) is 12.2. The molecule has 4 heteroatoms. The standard InChI is InChI=1S/C23H49NO3/c1-4-6-7-8-9-10-11-12-13-14-15-16-17-18-19-20-21-27-24(5-2)22-23(3,25)26/h25-26H,4-22H2,1-3H3. The summed E-state index contributed by atoms with van der Waals surface area (Å²) in [6, 6.07) is 0. The highest BCUT2D eigenvalue weighted by molar-refractivity contribution is 4.59. The van der Waals surface area contributed by atoms with Crippen LogP contribution in [0.4, 0.5) is 0 Å². The summed E-state index contributed by atoms with van der Waals surface area (Å²) in [5.74, 6) is -1.69. The molecule has 0 heterocycles. The minimum absolute atomic E-state index is 0.127. The fraction of sp³-hybridized carbons (Fsp3) is 1.00. The van der Waals surface area contributed by atoms with E-state index >= 15 is 0 Å². The number of rotatable bonds is 21. The van der Waals surface area contributed by atoms with E-state index in [4.69, 9.17) is 4.84 Å². The van der Waals surface area contributed by atoms with Gasteiger partial charge in [0, 0.05) is 6.54 Å². The molecule has 0 fully saturated rings. The van der Waals surface area contributed by atoms with E-state index in [1.807, 2.05) is 6.92 Å². The molecule has 4 nitrogen and oxygen atoms in total. The molecular formula is C23H49NO3. The van der Waals surface area contributed by atoms with Gasteiger partial charge >= 0.3 is 0 Å². The average molecular weight is 388 g/mol. The summed E-state index contributed by atoms with van der Waals surface area (Å²) >= 11 is 0. The Bertz CT molecular complexity index is 292. The molecule has 0 amide bonds. The largest absolute Gasteiger partial charge is 0.365 e. The van der Waals surface area contributed by atoms with E-state index < -0.39 is 5.79 Å². The number of aliphatic hydroxyl groups is 2. The SMILES string of the molecule is CCCCCCCCCCCCCCCCCCON(CC)CC(C)(O)O. The second-order valence-electron chi connectivity index (χ2n) is 8.31. The molecule has 0 radical (unpaired) electrons. The van der Waals surface area contributed by atoms with Crippen LogP contribution in [-0.2, 0) is 4.84 Å². The molecule has 0 aliphatic carbocycles. The van der Waals surface area contributed by atoms with Crippen molar-refractivity contribution >= 4 is 0 Å². The van der Waals surface area contributed by atoms with Crippen LogP contribution in [0.1, 0.15) is 124 Å². The molecule has 0 saturated heterocycles. The monoisotopic (exact) mass is 387 g/mol. The smallest absolute Gasteiger partial charge is 0.175 e. The molecule has 0 bridgehead atoms. The minimum atomic E-state index is -1.69.